The van der Waals surface area contributed by atoms with E-state index in [2.05, 4.69) is 24.1 Å². The number of likely N-dealkylation sites (tertiary alicyclic amines) is 1. The molecule has 0 radical (unpaired) electrons. The van der Waals surface area contributed by atoms with Gasteiger partial charge in [-0.2, -0.15) is 0 Å². The van der Waals surface area contributed by atoms with Crippen LogP contribution in [0.3, 0.4) is 0 Å². The Kier molecular flexibility index (Phi) is 5.68. The Balaban J connectivity index is 1.79. The molecule has 0 bridgehead atoms. The predicted molar refractivity (Wildman–Crippen MR) is 79.0 cm³/mol. The molecule has 1 N–H and O–H groups in total. The molecule has 0 spiro atoms. The molecule has 2 rings (SSSR count). The zero-order chi connectivity index (χ0) is 13.7. The molecule has 1 atom stereocenters. The first-order valence-electron chi connectivity index (χ1n) is 8.20. The van der Waals surface area contributed by atoms with E-state index in [1.165, 1.54) is 45.2 Å². The number of amides is 1. The molecule has 19 heavy (non-hydrogen) atoms. The average Bonchev–Trinajstić information content (AvgIpc) is 2.93. The molecule has 1 saturated heterocycles. The summed E-state index contributed by atoms with van der Waals surface area (Å²) in [6, 6.07) is 0.523. The first-order valence-corrected chi connectivity index (χ1v) is 8.20. The third-order valence-corrected chi connectivity index (χ3v) is 4.84. The van der Waals surface area contributed by atoms with Gasteiger partial charge in [-0.1, -0.05) is 33.1 Å². The molecule has 1 aliphatic carbocycles. The molecule has 1 aliphatic heterocycles. The van der Waals surface area contributed by atoms with E-state index >= 15 is 0 Å². The van der Waals surface area contributed by atoms with Crippen molar-refractivity contribution in [2.45, 2.75) is 64.8 Å². The van der Waals surface area contributed by atoms with Crippen molar-refractivity contribution in [1.82, 2.24) is 10.2 Å². The van der Waals surface area contributed by atoms with Crippen molar-refractivity contribution < 1.29 is 4.79 Å². The van der Waals surface area contributed by atoms with Crippen LogP contribution in [0.15, 0.2) is 0 Å². The van der Waals surface area contributed by atoms with Crippen LogP contribution in [-0.4, -0.2) is 36.5 Å². The first kappa shape index (κ1) is 14.8. The number of nitrogens with one attached hydrogen (secondary N) is 1. The third-order valence-electron chi connectivity index (χ3n) is 4.84. The number of nitrogens with zero attached hydrogens (tertiary/aromatic N) is 1. The molecule has 0 aromatic rings. The van der Waals surface area contributed by atoms with Crippen molar-refractivity contribution in [2.24, 2.45) is 11.8 Å². The second-order valence-corrected chi connectivity index (χ2v) is 6.63. The van der Waals surface area contributed by atoms with Gasteiger partial charge in [-0.25, -0.2) is 0 Å². The Morgan fingerprint density at radius 3 is 2.32 bits per heavy atom. The number of hydrogen-bond acceptors (Lipinski definition) is 2. The van der Waals surface area contributed by atoms with E-state index in [-0.39, 0.29) is 0 Å². The molecule has 1 unspecified atom stereocenters. The monoisotopic (exact) mass is 266 g/mol. The highest BCUT2D eigenvalue weighted by Crippen LogP contribution is 2.24. The van der Waals surface area contributed by atoms with Gasteiger partial charge in [0.15, 0.2) is 0 Å². The predicted octanol–water partition coefficient (Wildman–Crippen LogP) is 2.80. The smallest absolute Gasteiger partial charge is 0.223 e. The fourth-order valence-electron chi connectivity index (χ4n) is 3.57. The molecular weight excluding hydrogens is 236 g/mol. The van der Waals surface area contributed by atoms with Crippen LogP contribution in [0.25, 0.3) is 0 Å². The van der Waals surface area contributed by atoms with E-state index in [4.69, 9.17) is 0 Å². The van der Waals surface area contributed by atoms with Gasteiger partial charge in [0.2, 0.25) is 5.91 Å². The van der Waals surface area contributed by atoms with Gasteiger partial charge in [0.1, 0.15) is 0 Å². The standard InChI is InChI=1S/C16H30N2O/c1-13(2)15(18-10-6-7-11-18)12-17-16(19)14-8-4-3-5-9-14/h13-15H,3-12H2,1-2H3,(H,17,19). The summed E-state index contributed by atoms with van der Waals surface area (Å²) in [4.78, 5) is 14.8. The van der Waals surface area contributed by atoms with Crippen molar-refractivity contribution in [2.75, 3.05) is 19.6 Å². The molecule has 3 heteroatoms. The van der Waals surface area contributed by atoms with Crippen LogP contribution in [0, 0.1) is 11.8 Å². The highest BCUT2D eigenvalue weighted by atomic mass is 16.1. The van der Waals surface area contributed by atoms with Crippen LogP contribution in [0.4, 0.5) is 0 Å². The summed E-state index contributed by atoms with van der Waals surface area (Å²) in [7, 11) is 0. The van der Waals surface area contributed by atoms with Crippen molar-refractivity contribution >= 4 is 5.91 Å². The second kappa shape index (κ2) is 7.28. The van der Waals surface area contributed by atoms with Gasteiger partial charge in [-0.15, -0.1) is 0 Å². The maximum absolute atomic E-state index is 12.2. The van der Waals surface area contributed by atoms with Crippen molar-refractivity contribution in [1.29, 1.82) is 0 Å². The number of carbonyl (C=O) groups is 1. The third kappa shape index (κ3) is 4.20. The number of rotatable bonds is 5. The molecule has 110 valence electrons. The van der Waals surface area contributed by atoms with Gasteiger partial charge in [-0.3, -0.25) is 9.69 Å². The lowest BCUT2D eigenvalue weighted by atomic mass is 9.88. The quantitative estimate of drug-likeness (QED) is 0.830. The Hall–Kier alpha value is -0.570. The van der Waals surface area contributed by atoms with E-state index < -0.39 is 0 Å². The summed E-state index contributed by atoms with van der Waals surface area (Å²) in [6.45, 7) is 7.81. The lowest BCUT2D eigenvalue weighted by molar-refractivity contribution is -0.126. The van der Waals surface area contributed by atoms with Crippen molar-refractivity contribution in [3.05, 3.63) is 0 Å². The van der Waals surface area contributed by atoms with Crippen molar-refractivity contribution in [3.8, 4) is 0 Å². The van der Waals surface area contributed by atoms with Crippen LogP contribution >= 0.6 is 0 Å². The van der Waals surface area contributed by atoms with Crippen LogP contribution in [0.5, 0.6) is 0 Å². The maximum Gasteiger partial charge on any atom is 0.223 e. The summed E-state index contributed by atoms with van der Waals surface area (Å²) >= 11 is 0. The first-order chi connectivity index (χ1) is 9.18. The number of hydrogen-bond donors (Lipinski definition) is 1. The Morgan fingerprint density at radius 1 is 1.11 bits per heavy atom. The largest absolute Gasteiger partial charge is 0.354 e. The van der Waals surface area contributed by atoms with Gasteiger partial charge in [0.25, 0.3) is 0 Å². The summed E-state index contributed by atoms with van der Waals surface area (Å²) in [5.41, 5.74) is 0. The molecule has 1 saturated carbocycles. The number of carbonyl (C=O) groups excluding carboxylic acids is 1. The Morgan fingerprint density at radius 2 is 1.74 bits per heavy atom. The molecule has 1 heterocycles. The van der Waals surface area contributed by atoms with Gasteiger partial charge >= 0.3 is 0 Å². The lowest BCUT2D eigenvalue weighted by Crippen LogP contribution is -2.47. The zero-order valence-corrected chi connectivity index (χ0v) is 12.7. The van der Waals surface area contributed by atoms with Gasteiger partial charge in [-0.05, 0) is 44.7 Å². The highest BCUT2D eigenvalue weighted by molar-refractivity contribution is 5.78. The topological polar surface area (TPSA) is 32.3 Å². The molecule has 2 fully saturated rings. The summed E-state index contributed by atoms with van der Waals surface area (Å²) in [5, 5.41) is 3.23. The van der Waals surface area contributed by atoms with Gasteiger partial charge < -0.3 is 5.32 Å². The molecule has 3 nitrogen and oxygen atoms in total. The van der Waals surface area contributed by atoms with Crippen LogP contribution < -0.4 is 5.32 Å². The van der Waals surface area contributed by atoms with Crippen LogP contribution in [0.2, 0.25) is 0 Å². The van der Waals surface area contributed by atoms with E-state index in [0.29, 0.717) is 23.8 Å². The fraction of sp³-hybridized carbons (Fsp3) is 0.938. The zero-order valence-electron chi connectivity index (χ0n) is 12.7. The van der Waals surface area contributed by atoms with E-state index in [1.807, 2.05) is 0 Å². The summed E-state index contributed by atoms with van der Waals surface area (Å²) < 4.78 is 0. The van der Waals surface area contributed by atoms with Gasteiger partial charge in [0, 0.05) is 18.5 Å². The average molecular weight is 266 g/mol. The summed E-state index contributed by atoms with van der Waals surface area (Å²) in [6.07, 6.45) is 8.62. The van der Waals surface area contributed by atoms with E-state index in [0.717, 1.165) is 19.4 Å². The molecule has 0 aromatic heterocycles. The minimum absolute atomic E-state index is 0.292. The van der Waals surface area contributed by atoms with Crippen molar-refractivity contribution in [3.63, 3.8) is 0 Å². The molecule has 2 aliphatic rings. The lowest BCUT2D eigenvalue weighted by Gasteiger charge is -2.31. The molecule has 1 amide bonds. The van der Waals surface area contributed by atoms with Crippen LogP contribution in [-0.2, 0) is 4.79 Å². The Bertz CT molecular complexity index is 278. The minimum Gasteiger partial charge on any atom is -0.354 e. The van der Waals surface area contributed by atoms with E-state index in [1.54, 1.807) is 0 Å². The maximum atomic E-state index is 12.2. The summed E-state index contributed by atoms with van der Waals surface area (Å²) in [5.74, 6) is 1.22. The minimum atomic E-state index is 0.292. The van der Waals surface area contributed by atoms with E-state index in [9.17, 15) is 4.79 Å². The molecule has 0 aromatic carbocycles. The second-order valence-electron chi connectivity index (χ2n) is 6.63. The SMILES string of the molecule is CC(C)C(CNC(=O)C1CCCCC1)N1CCCC1. The fourth-order valence-corrected chi connectivity index (χ4v) is 3.57. The highest BCUT2D eigenvalue weighted by Gasteiger charge is 2.26. The van der Waals surface area contributed by atoms with Crippen LogP contribution in [0.1, 0.15) is 58.8 Å². The normalized spacial score (nSPS) is 23.7. The molecular formula is C16H30N2O. The van der Waals surface area contributed by atoms with Gasteiger partial charge in [0.05, 0.1) is 0 Å². The Labute approximate surface area is 118 Å².